The van der Waals surface area contributed by atoms with Gasteiger partial charge < -0.3 is 14.5 Å². The first-order valence-corrected chi connectivity index (χ1v) is 10.5. The van der Waals surface area contributed by atoms with Crippen LogP contribution in [0.1, 0.15) is 31.1 Å². The van der Waals surface area contributed by atoms with Crippen LogP contribution in [0.4, 0.5) is 10.5 Å². The molecule has 1 aliphatic rings. The van der Waals surface area contributed by atoms with Crippen LogP contribution in [0, 0.1) is 0 Å². The lowest BCUT2D eigenvalue weighted by molar-refractivity contribution is -0.0366. The summed E-state index contributed by atoms with van der Waals surface area (Å²) in [6.07, 6.45) is 9.70. The molecule has 1 aromatic carbocycles. The Labute approximate surface area is 184 Å². The maximum absolute atomic E-state index is 12.3. The van der Waals surface area contributed by atoms with Crippen molar-refractivity contribution in [2.24, 2.45) is 0 Å². The summed E-state index contributed by atoms with van der Waals surface area (Å²) in [4.78, 5) is 20.6. The minimum atomic E-state index is -0.366. The van der Waals surface area contributed by atoms with Crippen molar-refractivity contribution >= 4 is 22.6 Å². The van der Waals surface area contributed by atoms with Crippen molar-refractivity contribution in [2.45, 2.75) is 32.0 Å². The molecule has 1 fully saturated rings. The normalized spacial score (nSPS) is 16.2. The highest BCUT2D eigenvalue weighted by molar-refractivity contribution is 5.92. The predicted molar refractivity (Wildman–Crippen MR) is 117 cm³/mol. The number of hydrogen-bond acceptors (Lipinski definition) is 7. The number of rotatable bonds is 6. The van der Waals surface area contributed by atoms with Crippen molar-refractivity contribution in [1.82, 2.24) is 30.6 Å². The third-order valence-electron chi connectivity index (χ3n) is 5.25. The molecule has 32 heavy (non-hydrogen) atoms. The average Bonchev–Trinajstić information content (AvgIpc) is 3.50. The van der Waals surface area contributed by atoms with Crippen LogP contribution in [0.25, 0.3) is 22.5 Å². The maximum Gasteiger partial charge on any atom is 0.333 e. The number of hydrazine groups is 1. The molecule has 1 atom stereocenters. The number of anilines is 1. The van der Waals surface area contributed by atoms with E-state index in [9.17, 15) is 4.79 Å². The number of aromatic nitrogens is 4. The fourth-order valence-corrected chi connectivity index (χ4v) is 3.72. The Morgan fingerprint density at radius 3 is 2.97 bits per heavy atom. The minimum Gasteiger partial charge on any atom is -0.443 e. The predicted octanol–water partition coefficient (Wildman–Crippen LogP) is 3.61. The summed E-state index contributed by atoms with van der Waals surface area (Å²) in [6.45, 7) is 1.18. The molecule has 3 aromatic heterocycles. The Morgan fingerprint density at radius 1 is 1.16 bits per heavy atom. The van der Waals surface area contributed by atoms with Crippen LogP contribution >= 0.6 is 0 Å². The summed E-state index contributed by atoms with van der Waals surface area (Å²) in [7, 11) is 0. The van der Waals surface area contributed by atoms with Crippen molar-refractivity contribution in [3.05, 3.63) is 60.7 Å². The molecule has 0 saturated carbocycles. The van der Waals surface area contributed by atoms with E-state index in [-0.39, 0.29) is 12.3 Å². The fraction of sp³-hybridized carbons (Fsp3) is 0.273. The summed E-state index contributed by atoms with van der Waals surface area (Å²) in [5, 5.41) is 8.25. The molecule has 0 aliphatic carbocycles. The third-order valence-corrected chi connectivity index (χ3v) is 5.25. The molecule has 0 radical (unpaired) electrons. The lowest BCUT2D eigenvalue weighted by Crippen LogP contribution is -2.39. The molecule has 164 valence electrons. The Morgan fingerprint density at radius 2 is 2.12 bits per heavy atom. The number of nitrogens with zero attached hydrogens (tertiary/aromatic N) is 4. The van der Waals surface area contributed by atoms with E-state index in [4.69, 9.17) is 9.15 Å². The maximum atomic E-state index is 12.3. The number of amides is 2. The Kier molecular flexibility index (Phi) is 5.77. The van der Waals surface area contributed by atoms with Crippen molar-refractivity contribution in [3.63, 3.8) is 0 Å². The van der Waals surface area contributed by atoms with Gasteiger partial charge in [0, 0.05) is 30.4 Å². The van der Waals surface area contributed by atoms with Crippen LogP contribution in [-0.4, -0.2) is 32.4 Å². The number of hydrogen-bond donors (Lipinski definition) is 3. The molecule has 10 nitrogen and oxygen atoms in total. The van der Waals surface area contributed by atoms with Gasteiger partial charge in [-0.2, -0.15) is 5.10 Å². The number of urea groups is 1. The zero-order chi connectivity index (χ0) is 21.8. The van der Waals surface area contributed by atoms with E-state index < -0.39 is 0 Å². The second kappa shape index (κ2) is 9.16. The average molecular weight is 433 g/mol. The van der Waals surface area contributed by atoms with Crippen LogP contribution in [0.15, 0.2) is 59.6 Å². The van der Waals surface area contributed by atoms with Gasteiger partial charge in [0.1, 0.15) is 12.0 Å². The Hall–Kier alpha value is -3.76. The smallest absolute Gasteiger partial charge is 0.333 e. The summed E-state index contributed by atoms with van der Waals surface area (Å²) >= 11 is 0. The largest absolute Gasteiger partial charge is 0.443 e. The van der Waals surface area contributed by atoms with Crippen LogP contribution in [0.5, 0.6) is 0 Å². The molecule has 0 spiro atoms. The highest BCUT2D eigenvalue weighted by Gasteiger charge is 2.18. The number of ether oxygens (including phenoxy) is 1. The number of fused-ring (bicyclic) bond motifs is 1. The van der Waals surface area contributed by atoms with Crippen LogP contribution in [0.2, 0.25) is 0 Å². The van der Waals surface area contributed by atoms with E-state index in [0.717, 1.165) is 42.3 Å². The van der Waals surface area contributed by atoms with Crippen LogP contribution in [0.3, 0.4) is 0 Å². The van der Waals surface area contributed by atoms with E-state index in [0.29, 0.717) is 23.8 Å². The summed E-state index contributed by atoms with van der Waals surface area (Å²) < 4.78 is 13.0. The SMILES string of the molecule is O=C(NNCc1ccnc(-c2ncco2)c1)Nc1ccc2c(cnn2C2CCCCO2)c1. The molecular weight excluding hydrogens is 410 g/mol. The highest BCUT2D eigenvalue weighted by Crippen LogP contribution is 2.27. The van der Waals surface area contributed by atoms with Gasteiger partial charge in [0.2, 0.25) is 5.89 Å². The molecule has 4 heterocycles. The number of benzene rings is 1. The van der Waals surface area contributed by atoms with Crippen LogP contribution in [-0.2, 0) is 11.3 Å². The molecular formula is C22H23N7O3. The number of carbonyl (C=O) groups is 1. The first-order valence-electron chi connectivity index (χ1n) is 10.5. The van der Waals surface area contributed by atoms with Gasteiger partial charge in [0.15, 0.2) is 6.23 Å². The molecule has 1 saturated heterocycles. The van der Waals surface area contributed by atoms with Crippen molar-refractivity contribution in [1.29, 1.82) is 0 Å². The zero-order valence-electron chi connectivity index (χ0n) is 17.3. The summed E-state index contributed by atoms with van der Waals surface area (Å²) in [6, 6.07) is 9.03. The fourth-order valence-electron chi connectivity index (χ4n) is 3.72. The van der Waals surface area contributed by atoms with Gasteiger partial charge >= 0.3 is 6.03 Å². The summed E-state index contributed by atoms with van der Waals surface area (Å²) in [5.41, 5.74) is 8.76. The van der Waals surface area contributed by atoms with E-state index >= 15 is 0 Å². The molecule has 3 N–H and O–H groups in total. The quantitative estimate of drug-likeness (QED) is 0.397. The second-order valence-corrected chi connectivity index (χ2v) is 7.50. The van der Waals surface area contributed by atoms with Crippen molar-refractivity contribution < 1.29 is 13.9 Å². The van der Waals surface area contributed by atoms with Gasteiger partial charge in [-0.05, 0) is 55.2 Å². The molecule has 1 aliphatic heterocycles. The Bertz CT molecular complexity index is 1200. The highest BCUT2D eigenvalue weighted by atomic mass is 16.5. The van der Waals surface area contributed by atoms with Gasteiger partial charge in [0.25, 0.3) is 0 Å². The minimum absolute atomic E-state index is 0.0233. The van der Waals surface area contributed by atoms with Gasteiger partial charge in [-0.3, -0.25) is 10.4 Å². The Balaban J connectivity index is 1.16. The van der Waals surface area contributed by atoms with Gasteiger partial charge in [-0.25, -0.2) is 19.9 Å². The monoisotopic (exact) mass is 433 g/mol. The number of oxazole rings is 1. The molecule has 10 heteroatoms. The van der Waals surface area contributed by atoms with E-state index in [1.165, 1.54) is 6.26 Å². The number of nitrogens with one attached hydrogen (secondary N) is 3. The molecule has 5 rings (SSSR count). The lowest BCUT2D eigenvalue weighted by atomic mass is 10.2. The lowest BCUT2D eigenvalue weighted by Gasteiger charge is -2.23. The second-order valence-electron chi connectivity index (χ2n) is 7.50. The first kappa shape index (κ1) is 20.2. The van der Waals surface area contributed by atoms with Gasteiger partial charge in [0.05, 0.1) is 17.9 Å². The first-order chi connectivity index (χ1) is 15.8. The van der Waals surface area contributed by atoms with Gasteiger partial charge in [-0.1, -0.05) is 0 Å². The standard InChI is InChI=1S/C22H23N7O3/c30-22(28-25-13-15-6-7-23-18(11-15)21-24-8-10-32-21)27-17-4-5-19-16(12-17)14-26-29(19)20-3-1-2-9-31-20/h4-8,10-12,14,20,25H,1-3,9,13H2,(H2,27,28,30). The molecule has 2 amide bonds. The molecule has 1 unspecified atom stereocenters. The number of carbonyl (C=O) groups excluding carboxylic acids is 1. The van der Waals surface area contributed by atoms with Crippen LogP contribution < -0.4 is 16.2 Å². The van der Waals surface area contributed by atoms with Crippen molar-refractivity contribution in [3.8, 4) is 11.6 Å². The van der Waals surface area contributed by atoms with E-state index in [1.807, 2.05) is 35.0 Å². The van der Waals surface area contributed by atoms with E-state index in [2.05, 4.69) is 31.2 Å². The zero-order valence-corrected chi connectivity index (χ0v) is 17.3. The molecule has 4 aromatic rings. The third kappa shape index (κ3) is 4.46. The topological polar surface area (TPSA) is 119 Å². The van der Waals surface area contributed by atoms with E-state index in [1.54, 1.807) is 18.6 Å². The molecule has 0 bridgehead atoms. The van der Waals surface area contributed by atoms with Crippen molar-refractivity contribution in [2.75, 3.05) is 11.9 Å². The van der Waals surface area contributed by atoms with Gasteiger partial charge in [-0.15, -0.1) is 0 Å². The summed E-state index contributed by atoms with van der Waals surface area (Å²) in [5.74, 6) is 0.450. The number of pyridine rings is 1.